The molecule has 1 heterocycles. The first-order valence-corrected chi connectivity index (χ1v) is 6.02. The molecule has 18 heavy (non-hydrogen) atoms. The summed E-state index contributed by atoms with van der Waals surface area (Å²) in [5.41, 5.74) is -0.677. The highest BCUT2D eigenvalue weighted by Gasteiger charge is 2.45. The van der Waals surface area contributed by atoms with E-state index in [9.17, 15) is 14.4 Å². The van der Waals surface area contributed by atoms with Gasteiger partial charge in [-0.25, -0.2) is 0 Å². The van der Waals surface area contributed by atoms with E-state index in [1.54, 1.807) is 27.8 Å². The number of nitrogens with one attached hydrogen (secondary N) is 1. The lowest BCUT2D eigenvalue weighted by atomic mass is 9.92. The van der Waals surface area contributed by atoms with Crippen molar-refractivity contribution >= 4 is 17.8 Å². The van der Waals surface area contributed by atoms with Crippen LogP contribution in [-0.2, 0) is 19.1 Å². The lowest BCUT2D eigenvalue weighted by Gasteiger charge is -2.22. The smallest absolute Gasteiger partial charge is 0.324 e. The van der Waals surface area contributed by atoms with Crippen molar-refractivity contribution in [2.75, 3.05) is 20.2 Å². The van der Waals surface area contributed by atoms with Crippen molar-refractivity contribution in [3.05, 3.63) is 0 Å². The fourth-order valence-electron chi connectivity index (χ4n) is 1.92. The van der Waals surface area contributed by atoms with E-state index in [2.05, 4.69) is 5.32 Å². The van der Waals surface area contributed by atoms with Crippen LogP contribution in [-0.4, -0.2) is 48.9 Å². The lowest BCUT2D eigenvalue weighted by Crippen LogP contribution is -2.48. The molecule has 0 aromatic rings. The Morgan fingerprint density at radius 3 is 2.50 bits per heavy atom. The number of carbonyl (C=O) groups is 3. The van der Waals surface area contributed by atoms with Crippen molar-refractivity contribution in [2.24, 2.45) is 5.41 Å². The van der Waals surface area contributed by atoms with Crippen LogP contribution in [0.15, 0.2) is 0 Å². The van der Waals surface area contributed by atoms with Crippen molar-refractivity contribution in [1.29, 1.82) is 0 Å². The monoisotopic (exact) mass is 256 g/mol. The number of rotatable bonds is 5. The summed E-state index contributed by atoms with van der Waals surface area (Å²) in [7, 11) is 1.59. The first-order chi connectivity index (χ1) is 8.33. The van der Waals surface area contributed by atoms with Gasteiger partial charge in [0.25, 0.3) is 0 Å². The highest BCUT2D eigenvalue weighted by molar-refractivity contribution is 6.05. The lowest BCUT2D eigenvalue weighted by molar-refractivity contribution is -0.148. The van der Waals surface area contributed by atoms with Crippen LogP contribution in [0.25, 0.3) is 0 Å². The standard InChI is InChI=1S/C12H20N2O4/c1-5-18-10(16)8(13-4)7-14-9(15)6-12(2,3)11(14)17/h8,13H,5-7H2,1-4H3. The molecule has 1 aliphatic rings. The van der Waals surface area contributed by atoms with Crippen LogP contribution < -0.4 is 5.32 Å². The maximum atomic E-state index is 12.0. The van der Waals surface area contributed by atoms with Gasteiger partial charge in [0.05, 0.1) is 18.6 Å². The molecule has 0 saturated carbocycles. The molecule has 1 aliphatic heterocycles. The fourth-order valence-corrected chi connectivity index (χ4v) is 1.92. The number of imide groups is 1. The number of carbonyl (C=O) groups excluding carboxylic acids is 3. The van der Waals surface area contributed by atoms with Crippen LogP contribution in [0.1, 0.15) is 27.2 Å². The molecule has 1 saturated heterocycles. The van der Waals surface area contributed by atoms with Gasteiger partial charge in [0.15, 0.2) is 0 Å². The second-order valence-electron chi connectivity index (χ2n) is 4.96. The molecule has 0 aliphatic carbocycles. The number of amides is 2. The first-order valence-electron chi connectivity index (χ1n) is 6.02. The van der Waals surface area contributed by atoms with Crippen LogP contribution in [0.5, 0.6) is 0 Å². The minimum atomic E-state index is -0.677. The summed E-state index contributed by atoms with van der Waals surface area (Å²) in [5, 5.41) is 2.76. The van der Waals surface area contributed by atoms with Gasteiger partial charge in [-0.15, -0.1) is 0 Å². The highest BCUT2D eigenvalue weighted by Crippen LogP contribution is 2.31. The summed E-state index contributed by atoms with van der Waals surface area (Å²) in [6.45, 7) is 5.46. The van der Waals surface area contributed by atoms with E-state index in [1.165, 1.54) is 0 Å². The van der Waals surface area contributed by atoms with E-state index in [-0.39, 0.29) is 31.4 Å². The maximum Gasteiger partial charge on any atom is 0.324 e. The molecular formula is C12H20N2O4. The molecule has 6 heteroatoms. The third-order valence-corrected chi connectivity index (χ3v) is 3.00. The number of ether oxygens (including phenoxy) is 1. The Morgan fingerprint density at radius 2 is 2.11 bits per heavy atom. The van der Waals surface area contributed by atoms with Crippen molar-refractivity contribution < 1.29 is 19.1 Å². The summed E-state index contributed by atoms with van der Waals surface area (Å²) >= 11 is 0. The quantitative estimate of drug-likeness (QED) is 0.550. The van der Waals surface area contributed by atoms with E-state index in [0.717, 1.165) is 4.90 Å². The molecule has 0 aromatic carbocycles. The van der Waals surface area contributed by atoms with Gasteiger partial charge in [0.1, 0.15) is 6.04 Å². The predicted octanol–water partition coefficient (Wildman–Crippen LogP) is -0.0774. The van der Waals surface area contributed by atoms with Gasteiger partial charge in [-0.05, 0) is 14.0 Å². The van der Waals surface area contributed by atoms with Crippen molar-refractivity contribution in [3.63, 3.8) is 0 Å². The van der Waals surface area contributed by atoms with E-state index < -0.39 is 17.4 Å². The van der Waals surface area contributed by atoms with E-state index in [0.29, 0.717) is 0 Å². The van der Waals surface area contributed by atoms with Gasteiger partial charge in [-0.2, -0.15) is 0 Å². The molecule has 1 rings (SSSR count). The van der Waals surface area contributed by atoms with Crippen LogP contribution >= 0.6 is 0 Å². The molecule has 0 radical (unpaired) electrons. The third kappa shape index (κ3) is 2.87. The summed E-state index contributed by atoms with van der Waals surface area (Å²) in [5.74, 6) is -0.933. The van der Waals surface area contributed by atoms with E-state index in [1.807, 2.05) is 0 Å². The Bertz CT molecular complexity index is 365. The SMILES string of the molecule is CCOC(=O)C(CN1C(=O)CC(C)(C)C1=O)NC. The predicted molar refractivity (Wildman–Crippen MR) is 64.6 cm³/mol. The van der Waals surface area contributed by atoms with Crippen LogP contribution in [0.2, 0.25) is 0 Å². The average molecular weight is 256 g/mol. The Labute approximate surface area is 107 Å². The van der Waals surface area contributed by atoms with Crippen LogP contribution in [0.4, 0.5) is 0 Å². The first kappa shape index (κ1) is 14.6. The molecule has 0 aromatic heterocycles. The van der Waals surface area contributed by atoms with Crippen molar-refractivity contribution in [3.8, 4) is 0 Å². The van der Waals surface area contributed by atoms with Crippen molar-refractivity contribution in [2.45, 2.75) is 33.2 Å². The van der Waals surface area contributed by atoms with Crippen LogP contribution in [0.3, 0.4) is 0 Å². The number of likely N-dealkylation sites (tertiary alicyclic amines) is 1. The largest absolute Gasteiger partial charge is 0.465 e. The Morgan fingerprint density at radius 1 is 1.50 bits per heavy atom. The van der Waals surface area contributed by atoms with Gasteiger partial charge in [-0.3, -0.25) is 19.3 Å². The van der Waals surface area contributed by atoms with Crippen LogP contribution in [0, 0.1) is 5.41 Å². The molecule has 1 fully saturated rings. The maximum absolute atomic E-state index is 12.0. The van der Waals surface area contributed by atoms with E-state index >= 15 is 0 Å². The topological polar surface area (TPSA) is 75.7 Å². The fraction of sp³-hybridized carbons (Fsp3) is 0.750. The zero-order valence-corrected chi connectivity index (χ0v) is 11.3. The van der Waals surface area contributed by atoms with Gasteiger partial charge >= 0.3 is 5.97 Å². The second kappa shape index (κ2) is 5.48. The highest BCUT2D eigenvalue weighted by atomic mass is 16.5. The molecule has 6 nitrogen and oxygen atoms in total. The molecular weight excluding hydrogens is 236 g/mol. The normalized spacial score (nSPS) is 20.1. The number of esters is 1. The number of likely N-dealkylation sites (N-methyl/N-ethyl adjacent to an activating group) is 1. The molecule has 1 unspecified atom stereocenters. The molecule has 1 N–H and O–H groups in total. The Hall–Kier alpha value is -1.43. The second-order valence-corrected chi connectivity index (χ2v) is 4.96. The van der Waals surface area contributed by atoms with Gasteiger partial charge < -0.3 is 10.1 Å². The minimum Gasteiger partial charge on any atom is -0.465 e. The summed E-state index contributed by atoms with van der Waals surface area (Å²) in [6, 6.07) is -0.674. The minimum absolute atomic E-state index is 0.0242. The zero-order valence-electron chi connectivity index (χ0n) is 11.3. The summed E-state index contributed by atoms with van der Waals surface area (Å²) in [4.78, 5) is 36.5. The summed E-state index contributed by atoms with van der Waals surface area (Å²) < 4.78 is 4.88. The third-order valence-electron chi connectivity index (χ3n) is 3.00. The Balaban J connectivity index is 2.74. The number of hydrogen-bond donors (Lipinski definition) is 1. The van der Waals surface area contributed by atoms with E-state index in [4.69, 9.17) is 4.74 Å². The van der Waals surface area contributed by atoms with Crippen molar-refractivity contribution in [1.82, 2.24) is 10.2 Å². The number of nitrogens with zero attached hydrogens (tertiary/aromatic N) is 1. The molecule has 0 spiro atoms. The van der Waals surface area contributed by atoms with Gasteiger partial charge in [-0.1, -0.05) is 13.8 Å². The molecule has 1 atom stereocenters. The molecule has 2 amide bonds. The Kier molecular flexibility index (Phi) is 4.45. The number of hydrogen-bond acceptors (Lipinski definition) is 5. The summed E-state index contributed by atoms with van der Waals surface area (Å²) in [6.07, 6.45) is 0.186. The molecule has 102 valence electrons. The zero-order chi connectivity index (χ0) is 13.9. The average Bonchev–Trinajstić information content (AvgIpc) is 2.47. The molecule has 0 bridgehead atoms. The van der Waals surface area contributed by atoms with Gasteiger partial charge in [0.2, 0.25) is 11.8 Å². The van der Waals surface area contributed by atoms with Gasteiger partial charge in [0, 0.05) is 6.42 Å².